The van der Waals surface area contributed by atoms with Crippen molar-refractivity contribution in [2.45, 2.75) is 51.7 Å². The van der Waals surface area contributed by atoms with Crippen molar-refractivity contribution in [1.82, 2.24) is 0 Å². The molecule has 0 fully saturated rings. The fraction of sp³-hybridized carbons (Fsp3) is 0.609. The Labute approximate surface area is 183 Å². The van der Waals surface area contributed by atoms with E-state index >= 15 is 0 Å². The summed E-state index contributed by atoms with van der Waals surface area (Å²) in [6.07, 6.45) is 1.97. The van der Waals surface area contributed by atoms with Crippen molar-refractivity contribution >= 4 is 18.0 Å². The van der Waals surface area contributed by atoms with E-state index in [2.05, 4.69) is 4.79 Å². The van der Waals surface area contributed by atoms with Crippen LogP contribution >= 0.6 is 0 Å². The largest absolute Gasteiger partial charge is 0.497 e. The Bertz CT molecular complexity index is 860. The normalized spacial score (nSPS) is 21.1. The molecule has 2 rings (SSSR count). The van der Waals surface area contributed by atoms with Gasteiger partial charge in [0.05, 0.1) is 19.6 Å². The van der Waals surface area contributed by atoms with Gasteiger partial charge in [0, 0.05) is 33.0 Å². The second kappa shape index (κ2) is 10.7. The number of fused-ring (bicyclic) bond motifs is 1. The zero-order valence-corrected chi connectivity index (χ0v) is 19.1. The van der Waals surface area contributed by atoms with Gasteiger partial charge >= 0.3 is 12.2 Å². The van der Waals surface area contributed by atoms with Crippen LogP contribution in [0.2, 0.25) is 0 Å². The Kier molecular flexibility index (Phi) is 8.51. The minimum Gasteiger partial charge on any atom is -0.497 e. The zero-order chi connectivity index (χ0) is 23.2. The summed E-state index contributed by atoms with van der Waals surface area (Å²) in [4.78, 5) is 28.8. The first kappa shape index (κ1) is 24.7. The summed E-state index contributed by atoms with van der Waals surface area (Å²) in [5, 5.41) is 0. The van der Waals surface area contributed by atoms with E-state index in [0.29, 0.717) is 19.3 Å². The quantitative estimate of drug-likeness (QED) is 0.185. The predicted molar refractivity (Wildman–Crippen MR) is 114 cm³/mol. The number of Topliss-reactive ketones (excluding diaryl/α,β-unsaturated/α-hetero) is 1. The highest BCUT2D eigenvalue weighted by Gasteiger charge is 2.54. The lowest BCUT2D eigenvalue weighted by Gasteiger charge is -2.47. The third-order valence-electron chi connectivity index (χ3n) is 6.58. The summed E-state index contributed by atoms with van der Waals surface area (Å²) in [5.41, 5.74) is 10.8. The van der Waals surface area contributed by atoms with Crippen LogP contribution in [0.4, 0.5) is 0 Å². The van der Waals surface area contributed by atoms with Crippen molar-refractivity contribution in [3.63, 3.8) is 0 Å². The fourth-order valence-electron chi connectivity index (χ4n) is 5.05. The van der Waals surface area contributed by atoms with Crippen molar-refractivity contribution in [3.8, 4) is 5.75 Å². The fourth-order valence-corrected chi connectivity index (χ4v) is 5.05. The van der Waals surface area contributed by atoms with Gasteiger partial charge in [-0.25, -0.2) is 0 Å². The van der Waals surface area contributed by atoms with E-state index in [1.807, 2.05) is 26.0 Å². The summed E-state index contributed by atoms with van der Waals surface area (Å²) >= 11 is 0. The molecule has 0 saturated heterocycles. The number of methoxy groups -OCH3 is 4. The number of aryl methyl sites for hydroxylation is 2. The predicted octanol–water partition coefficient (Wildman–Crippen LogP) is 3.10. The minimum atomic E-state index is -0.977. The molecule has 0 saturated carbocycles. The number of ketones is 1. The number of carbonyl (C=O) groups excluding carboxylic acids is 2. The van der Waals surface area contributed by atoms with Gasteiger partial charge in [0.2, 0.25) is 5.78 Å². The van der Waals surface area contributed by atoms with Crippen LogP contribution in [0.1, 0.15) is 48.8 Å². The third-order valence-corrected chi connectivity index (χ3v) is 6.58. The standard InChI is InChI=1S/C23H32N2O6/c1-14-9-18(28-3)11-16-7-8-23(22(27)31-6,15(2)10-20(29-4)30-5)19(21(14)16)12-17(26)13-25-24/h9,11,13,15,19-20H,7-8,10,12H2,1-6H3/t15-,19+,23-/m1/s1. The number of benzene rings is 1. The van der Waals surface area contributed by atoms with Gasteiger partial charge in [-0.15, -0.1) is 0 Å². The number of hydrogen-bond donors (Lipinski definition) is 0. The molecule has 1 aliphatic rings. The smallest absolute Gasteiger partial charge is 0.323 e. The average molecular weight is 433 g/mol. The van der Waals surface area contributed by atoms with Crippen LogP contribution in [0.5, 0.6) is 5.75 Å². The molecule has 170 valence electrons. The van der Waals surface area contributed by atoms with E-state index in [9.17, 15) is 9.59 Å². The molecule has 0 aromatic heterocycles. The van der Waals surface area contributed by atoms with Crippen LogP contribution < -0.4 is 4.74 Å². The van der Waals surface area contributed by atoms with Crippen LogP contribution in [-0.2, 0) is 30.2 Å². The molecule has 0 heterocycles. The number of carbonyl (C=O) groups is 2. The van der Waals surface area contributed by atoms with Crippen molar-refractivity contribution in [1.29, 1.82) is 0 Å². The van der Waals surface area contributed by atoms with Gasteiger partial charge in [-0.1, -0.05) is 6.92 Å². The molecule has 1 aromatic carbocycles. The monoisotopic (exact) mass is 432 g/mol. The van der Waals surface area contributed by atoms with Crippen molar-refractivity contribution < 1.29 is 33.3 Å². The lowest BCUT2D eigenvalue weighted by molar-refractivity contribution is -0.166. The maximum absolute atomic E-state index is 13.4. The van der Waals surface area contributed by atoms with Crippen LogP contribution in [-0.4, -0.2) is 57.5 Å². The van der Waals surface area contributed by atoms with E-state index in [-0.39, 0.29) is 24.1 Å². The van der Waals surface area contributed by atoms with E-state index in [1.54, 1.807) is 21.3 Å². The van der Waals surface area contributed by atoms with E-state index in [4.69, 9.17) is 24.5 Å². The number of rotatable bonds is 10. The first-order chi connectivity index (χ1) is 14.8. The zero-order valence-electron chi connectivity index (χ0n) is 19.1. The topological polar surface area (TPSA) is 107 Å². The molecule has 0 N–H and O–H groups in total. The van der Waals surface area contributed by atoms with Crippen molar-refractivity contribution in [2.24, 2.45) is 11.3 Å². The average Bonchev–Trinajstić information content (AvgIpc) is 2.76. The molecular weight excluding hydrogens is 400 g/mol. The minimum absolute atomic E-state index is 0.00823. The highest BCUT2D eigenvalue weighted by Crippen LogP contribution is 2.55. The molecule has 0 unspecified atom stereocenters. The molecule has 0 aliphatic heterocycles. The molecule has 8 heteroatoms. The van der Waals surface area contributed by atoms with E-state index in [0.717, 1.165) is 28.7 Å². The number of ether oxygens (including phenoxy) is 4. The molecule has 0 spiro atoms. The Morgan fingerprint density at radius 2 is 1.94 bits per heavy atom. The van der Waals surface area contributed by atoms with Gasteiger partial charge in [-0.3, -0.25) is 9.59 Å². The number of hydrogen-bond acceptors (Lipinski definition) is 6. The van der Waals surface area contributed by atoms with Gasteiger partial charge in [-0.05, 0) is 54.5 Å². The first-order valence-electron chi connectivity index (χ1n) is 10.3. The molecular formula is C23H32N2O6. The Hall–Kier alpha value is -2.54. The SMILES string of the molecule is COC(=O)[C@@]1([C@H](C)CC(OC)OC)CCc2cc(OC)cc(C)c2[C@@H]1CC(=O)C=[N+]=[N-]. The molecule has 31 heavy (non-hydrogen) atoms. The Balaban J connectivity index is 2.70. The summed E-state index contributed by atoms with van der Waals surface area (Å²) < 4.78 is 21.5. The van der Waals surface area contributed by atoms with Crippen LogP contribution in [0, 0.1) is 18.3 Å². The summed E-state index contributed by atoms with van der Waals surface area (Å²) in [6.45, 7) is 3.91. The summed E-state index contributed by atoms with van der Waals surface area (Å²) in [5.74, 6) is -0.694. The number of esters is 1. The van der Waals surface area contributed by atoms with Gasteiger partial charge in [0.25, 0.3) is 0 Å². The maximum Gasteiger partial charge on any atom is 0.323 e. The highest BCUT2D eigenvalue weighted by molar-refractivity contribution is 6.25. The van der Waals surface area contributed by atoms with Crippen LogP contribution in [0.25, 0.3) is 5.53 Å². The molecule has 0 bridgehead atoms. The van der Waals surface area contributed by atoms with Crippen molar-refractivity contribution in [3.05, 3.63) is 34.4 Å². The van der Waals surface area contributed by atoms with Crippen LogP contribution in [0.3, 0.4) is 0 Å². The Morgan fingerprint density at radius 1 is 1.26 bits per heavy atom. The van der Waals surface area contributed by atoms with Crippen molar-refractivity contribution in [2.75, 3.05) is 28.4 Å². The van der Waals surface area contributed by atoms with E-state index in [1.165, 1.54) is 7.11 Å². The summed E-state index contributed by atoms with van der Waals surface area (Å²) in [6, 6.07) is 3.86. The first-order valence-corrected chi connectivity index (χ1v) is 10.3. The molecule has 0 amide bonds. The van der Waals surface area contributed by atoms with Gasteiger partial charge in [0.15, 0.2) is 6.29 Å². The molecule has 1 aliphatic carbocycles. The van der Waals surface area contributed by atoms with Gasteiger partial charge < -0.3 is 24.5 Å². The molecule has 8 nitrogen and oxygen atoms in total. The van der Waals surface area contributed by atoms with Gasteiger partial charge in [-0.2, -0.15) is 4.79 Å². The summed E-state index contributed by atoms with van der Waals surface area (Å²) in [7, 11) is 6.08. The second-order valence-electron chi connectivity index (χ2n) is 8.05. The third kappa shape index (κ3) is 4.87. The van der Waals surface area contributed by atoms with E-state index < -0.39 is 17.6 Å². The Morgan fingerprint density at radius 3 is 2.48 bits per heavy atom. The highest BCUT2D eigenvalue weighted by atomic mass is 16.7. The molecule has 1 aromatic rings. The number of nitrogens with zero attached hydrogens (tertiary/aromatic N) is 2. The lowest BCUT2D eigenvalue weighted by Crippen LogP contribution is -2.48. The second-order valence-corrected chi connectivity index (χ2v) is 8.05. The van der Waals surface area contributed by atoms with Crippen LogP contribution in [0.15, 0.2) is 12.1 Å². The lowest BCUT2D eigenvalue weighted by atomic mass is 9.56. The molecule has 0 radical (unpaired) electrons. The van der Waals surface area contributed by atoms with Gasteiger partial charge in [0.1, 0.15) is 5.75 Å². The maximum atomic E-state index is 13.4. The molecule has 3 atom stereocenters.